The summed E-state index contributed by atoms with van der Waals surface area (Å²) in [5.74, 6) is -1.12. The van der Waals surface area contributed by atoms with E-state index >= 15 is 0 Å². The highest BCUT2D eigenvalue weighted by atomic mass is 16.5. The van der Waals surface area contributed by atoms with Gasteiger partial charge in [0.25, 0.3) is 0 Å². The molecule has 5 heteroatoms. The summed E-state index contributed by atoms with van der Waals surface area (Å²) in [6.07, 6.45) is 8.42. The van der Waals surface area contributed by atoms with E-state index in [1.807, 2.05) is 13.8 Å². The van der Waals surface area contributed by atoms with E-state index in [1.54, 1.807) is 6.92 Å². The van der Waals surface area contributed by atoms with Crippen LogP contribution in [0.1, 0.15) is 90.5 Å². The highest BCUT2D eigenvalue weighted by Crippen LogP contribution is 2.44. The van der Waals surface area contributed by atoms with Crippen molar-refractivity contribution in [1.82, 2.24) is 0 Å². The summed E-state index contributed by atoms with van der Waals surface area (Å²) in [5.41, 5.74) is 4.29. The highest BCUT2D eigenvalue weighted by molar-refractivity contribution is 6.03. The molecule has 2 rings (SSSR count). The molecule has 0 radical (unpaired) electrons. The van der Waals surface area contributed by atoms with Crippen LogP contribution in [0.15, 0.2) is 0 Å². The molecule has 0 heterocycles. The van der Waals surface area contributed by atoms with Crippen LogP contribution in [0.4, 0.5) is 0 Å². The van der Waals surface area contributed by atoms with Crippen LogP contribution in [-0.2, 0) is 38.3 Å². The Morgan fingerprint density at radius 3 is 1.83 bits per heavy atom. The molecule has 166 valence electrons. The zero-order valence-electron chi connectivity index (χ0n) is 19.4. The van der Waals surface area contributed by atoms with E-state index < -0.39 is 17.4 Å². The van der Waals surface area contributed by atoms with Gasteiger partial charge in [-0.2, -0.15) is 0 Å². The molecule has 0 saturated heterocycles. The van der Waals surface area contributed by atoms with Crippen molar-refractivity contribution in [3.8, 4) is 0 Å². The Hall–Kier alpha value is -2.17. The fourth-order valence-corrected chi connectivity index (χ4v) is 4.98. The predicted octanol–water partition coefficient (Wildman–Crippen LogP) is 4.84. The number of esters is 2. The summed E-state index contributed by atoms with van der Waals surface area (Å²) in [7, 11) is 2.58. The Morgan fingerprint density at radius 2 is 1.33 bits per heavy atom. The molecule has 30 heavy (non-hydrogen) atoms. The normalized spacial score (nSPS) is 14.3. The first-order chi connectivity index (χ1) is 14.2. The van der Waals surface area contributed by atoms with Crippen LogP contribution in [0.25, 0.3) is 0 Å². The fraction of sp³-hybridized carbons (Fsp3) is 0.640. The summed E-state index contributed by atoms with van der Waals surface area (Å²) >= 11 is 0. The highest BCUT2D eigenvalue weighted by Gasteiger charge is 2.53. The molecule has 0 bridgehead atoms. The molecule has 1 aromatic carbocycles. The van der Waals surface area contributed by atoms with Crippen molar-refractivity contribution in [1.29, 1.82) is 0 Å². The molecular formula is C25H36O5. The lowest BCUT2D eigenvalue weighted by Crippen LogP contribution is -2.42. The predicted molar refractivity (Wildman–Crippen MR) is 117 cm³/mol. The van der Waals surface area contributed by atoms with Crippen LogP contribution in [0.3, 0.4) is 0 Å². The second-order valence-corrected chi connectivity index (χ2v) is 8.55. The maximum atomic E-state index is 12.6. The number of carbonyl (C=O) groups excluding carboxylic acids is 3. The van der Waals surface area contributed by atoms with Gasteiger partial charge in [0.2, 0.25) is 0 Å². The summed E-state index contributed by atoms with van der Waals surface area (Å²) in [5, 5.41) is 0. The van der Waals surface area contributed by atoms with E-state index in [2.05, 4.69) is 6.92 Å². The number of hydrogen-bond donors (Lipinski definition) is 0. The Morgan fingerprint density at radius 1 is 0.833 bits per heavy atom. The second kappa shape index (κ2) is 10.2. The lowest BCUT2D eigenvalue weighted by Gasteiger charge is -2.22. The zero-order valence-corrected chi connectivity index (χ0v) is 19.4. The van der Waals surface area contributed by atoms with Crippen LogP contribution in [0.2, 0.25) is 0 Å². The minimum atomic E-state index is -1.37. The number of fused-ring (bicyclic) bond motifs is 1. The number of hydrogen-bond acceptors (Lipinski definition) is 5. The molecule has 0 aliphatic heterocycles. The average Bonchev–Trinajstić information content (AvgIpc) is 3.15. The third-order valence-corrected chi connectivity index (χ3v) is 6.64. The molecule has 1 aromatic rings. The SMILES string of the molecule is CCCCCCCCc1c(C)c2c(c(C)c1C(C)=O)CC(C(=O)OC)(C(=O)OC)C2. The molecule has 1 aliphatic carbocycles. The number of carbonyl (C=O) groups is 3. The van der Waals surface area contributed by atoms with Crippen molar-refractivity contribution < 1.29 is 23.9 Å². The lowest BCUT2D eigenvalue weighted by molar-refractivity contribution is -0.168. The van der Waals surface area contributed by atoms with Crippen molar-refractivity contribution in [2.45, 2.75) is 85.5 Å². The number of benzene rings is 1. The van der Waals surface area contributed by atoms with Crippen LogP contribution in [0, 0.1) is 19.3 Å². The van der Waals surface area contributed by atoms with Gasteiger partial charge in [-0.25, -0.2) is 0 Å². The topological polar surface area (TPSA) is 69.7 Å². The van der Waals surface area contributed by atoms with Gasteiger partial charge in [0.15, 0.2) is 11.2 Å². The van der Waals surface area contributed by atoms with Crippen LogP contribution >= 0.6 is 0 Å². The summed E-state index contributed by atoms with van der Waals surface area (Å²) in [4.78, 5) is 37.8. The number of ether oxygens (including phenoxy) is 2. The summed E-state index contributed by atoms with van der Waals surface area (Å²) < 4.78 is 9.97. The molecule has 0 N–H and O–H groups in total. The van der Waals surface area contributed by atoms with E-state index in [0.717, 1.165) is 52.6 Å². The summed E-state index contributed by atoms with van der Waals surface area (Å²) in [6, 6.07) is 0. The zero-order chi connectivity index (χ0) is 22.5. The third-order valence-electron chi connectivity index (χ3n) is 6.64. The summed E-state index contributed by atoms with van der Waals surface area (Å²) in [6.45, 7) is 7.76. The van der Waals surface area contributed by atoms with Crippen LogP contribution in [0.5, 0.6) is 0 Å². The Kier molecular flexibility index (Phi) is 8.22. The molecule has 0 fully saturated rings. The molecular weight excluding hydrogens is 380 g/mol. The van der Waals surface area contributed by atoms with E-state index in [1.165, 1.54) is 39.9 Å². The second-order valence-electron chi connectivity index (χ2n) is 8.55. The standard InChI is InChI=1S/C25H36O5/c1-7-8-9-10-11-12-13-19-16(2)20-14-25(23(27)29-5,24(28)30-6)15-21(20)17(3)22(19)18(4)26/h7-15H2,1-6H3. The number of rotatable bonds is 10. The molecule has 0 unspecified atom stereocenters. The monoisotopic (exact) mass is 416 g/mol. The maximum Gasteiger partial charge on any atom is 0.323 e. The first-order valence-corrected chi connectivity index (χ1v) is 11.1. The van der Waals surface area contributed by atoms with Crippen molar-refractivity contribution in [3.63, 3.8) is 0 Å². The molecule has 0 aromatic heterocycles. The van der Waals surface area contributed by atoms with Crippen molar-refractivity contribution >= 4 is 17.7 Å². The largest absolute Gasteiger partial charge is 0.468 e. The maximum absolute atomic E-state index is 12.6. The molecule has 5 nitrogen and oxygen atoms in total. The van der Waals surface area contributed by atoms with Gasteiger partial charge in [-0.05, 0) is 61.4 Å². The first-order valence-electron chi connectivity index (χ1n) is 11.1. The Balaban J connectivity index is 2.43. The van der Waals surface area contributed by atoms with E-state index in [9.17, 15) is 14.4 Å². The molecule has 0 amide bonds. The van der Waals surface area contributed by atoms with Gasteiger partial charge >= 0.3 is 11.9 Å². The van der Waals surface area contributed by atoms with Gasteiger partial charge in [0.1, 0.15) is 0 Å². The lowest BCUT2D eigenvalue weighted by atomic mass is 9.84. The number of methoxy groups -OCH3 is 2. The van der Waals surface area contributed by atoms with Gasteiger partial charge < -0.3 is 9.47 Å². The molecule has 0 saturated carbocycles. The quantitative estimate of drug-likeness (QED) is 0.236. The van der Waals surface area contributed by atoms with Crippen molar-refractivity contribution in [3.05, 3.63) is 33.4 Å². The molecule has 0 spiro atoms. The van der Waals surface area contributed by atoms with Crippen molar-refractivity contribution in [2.24, 2.45) is 5.41 Å². The average molecular weight is 417 g/mol. The minimum absolute atomic E-state index is 0.0352. The smallest absolute Gasteiger partial charge is 0.323 e. The van der Waals surface area contributed by atoms with Gasteiger partial charge in [0, 0.05) is 18.4 Å². The van der Waals surface area contributed by atoms with Gasteiger partial charge in [0.05, 0.1) is 14.2 Å². The number of Topliss-reactive ketones (excluding diaryl/α,β-unsaturated/α-hetero) is 1. The van der Waals surface area contributed by atoms with E-state index in [0.29, 0.717) is 0 Å². The first kappa shape index (κ1) is 24.1. The van der Waals surface area contributed by atoms with E-state index in [4.69, 9.17) is 9.47 Å². The molecule has 1 aliphatic rings. The minimum Gasteiger partial charge on any atom is -0.468 e. The van der Waals surface area contributed by atoms with Gasteiger partial charge in [-0.3, -0.25) is 14.4 Å². The number of unbranched alkanes of at least 4 members (excludes halogenated alkanes) is 5. The van der Waals surface area contributed by atoms with Crippen LogP contribution in [-0.4, -0.2) is 31.9 Å². The third kappa shape index (κ3) is 4.45. The number of ketones is 1. The Bertz CT molecular complexity index is 806. The molecule has 0 atom stereocenters. The van der Waals surface area contributed by atoms with Gasteiger partial charge in [-0.15, -0.1) is 0 Å². The van der Waals surface area contributed by atoms with Crippen molar-refractivity contribution in [2.75, 3.05) is 14.2 Å². The van der Waals surface area contributed by atoms with Gasteiger partial charge in [-0.1, -0.05) is 39.0 Å². The van der Waals surface area contributed by atoms with E-state index in [-0.39, 0.29) is 18.6 Å². The Labute approximate surface area is 180 Å². The van der Waals surface area contributed by atoms with Crippen LogP contribution < -0.4 is 0 Å². The fourth-order valence-electron chi connectivity index (χ4n) is 4.98.